The van der Waals surface area contributed by atoms with E-state index in [0.717, 1.165) is 5.56 Å². The molecule has 2 N–H and O–H groups in total. The molecule has 1 atom stereocenters. The van der Waals surface area contributed by atoms with Gasteiger partial charge in [-0.15, -0.1) is 0 Å². The van der Waals surface area contributed by atoms with Crippen LogP contribution in [0.5, 0.6) is 0 Å². The smallest absolute Gasteiger partial charge is 0.240 e. The van der Waals surface area contributed by atoms with Crippen molar-refractivity contribution in [3.8, 4) is 6.07 Å². The second-order valence-electron chi connectivity index (χ2n) is 5.85. The molecule has 0 heterocycles. The summed E-state index contributed by atoms with van der Waals surface area (Å²) < 4.78 is 0. The summed E-state index contributed by atoms with van der Waals surface area (Å²) in [6.45, 7) is 6.34. The molecule has 1 aromatic rings. The average Bonchev–Trinajstić information content (AvgIpc) is 2.36. The lowest BCUT2D eigenvalue weighted by Gasteiger charge is -2.30. The molecule has 1 amide bonds. The van der Waals surface area contributed by atoms with Gasteiger partial charge in [0.05, 0.1) is 17.7 Å². The van der Waals surface area contributed by atoms with Gasteiger partial charge in [0.2, 0.25) is 5.91 Å². The lowest BCUT2D eigenvalue weighted by molar-refractivity contribution is -0.134. The van der Waals surface area contributed by atoms with Gasteiger partial charge in [-0.1, -0.05) is 32.9 Å². The van der Waals surface area contributed by atoms with Crippen molar-refractivity contribution in [2.24, 2.45) is 11.1 Å². The summed E-state index contributed by atoms with van der Waals surface area (Å²) in [6, 6.07) is 8.75. The molecule has 0 radical (unpaired) electrons. The summed E-state index contributed by atoms with van der Waals surface area (Å²) in [5, 5.41) is 8.73. The third-order valence-electron chi connectivity index (χ3n) is 3.08. The predicted octanol–water partition coefficient (Wildman–Crippen LogP) is 1.89. The van der Waals surface area contributed by atoms with Crippen LogP contribution in [-0.2, 0) is 11.3 Å². The molecule has 0 saturated heterocycles. The van der Waals surface area contributed by atoms with Crippen LogP contribution < -0.4 is 5.73 Å². The molecule has 1 rings (SSSR count). The molecule has 0 fully saturated rings. The minimum Gasteiger partial charge on any atom is -0.340 e. The van der Waals surface area contributed by atoms with Crippen molar-refractivity contribution in [2.45, 2.75) is 33.4 Å². The Morgan fingerprint density at radius 1 is 1.37 bits per heavy atom. The zero-order chi connectivity index (χ0) is 14.6. The Labute approximate surface area is 114 Å². The molecule has 1 aromatic carbocycles. The zero-order valence-corrected chi connectivity index (χ0v) is 12.0. The van der Waals surface area contributed by atoms with Crippen molar-refractivity contribution in [3.63, 3.8) is 0 Å². The minimum absolute atomic E-state index is 0.0724. The fourth-order valence-electron chi connectivity index (χ4n) is 1.64. The summed E-state index contributed by atoms with van der Waals surface area (Å²) in [5.74, 6) is -0.0724. The molecule has 0 saturated carbocycles. The zero-order valence-electron chi connectivity index (χ0n) is 12.0. The number of carbonyl (C=O) groups is 1. The summed E-state index contributed by atoms with van der Waals surface area (Å²) >= 11 is 0. The van der Waals surface area contributed by atoms with E-state index >= 15 is 0 Å². The van der Waals surface area contributed by atoms with Crippen LogP contribution in [0, 0.1) is 16.7 Å². The van der Waals surface area contributed by atoms with Crippen LogP contribution in [-0.4, -0.2) is 23.9 Å². The van der Waals surface area contributed by atoms with Crippen LogP contribution >= 0.6 is 0 Å². The molecule has 0 aliphatic heterocycles. The molecule has 4 heteroatoms. The second kappa shape index (κ2) is 5.85. The van der Waals surface area contributed by atoms with Gasteiger partial charge >= 0.3 is 0 Å². The molecule has 0 aliphatic rings. The van der Waals surface area contributed by atoms with Crippen molar-refractivity contribution in [3.05, 3.63) is 35.4 Å². The Kier molecular flexibility index (Phi) is 4.68. The molecule has 0 aliphatic carbocycles. The summed E-state index contributed by atoms with van der Waals surface area (Å²) in [5.41, 5.74) is 7.30. The topological polar surface area (TPSA) is 70.1 Å². The Hall–Kier alpha value is -1.86. The highest BCUT2D eigenvalue weighted by Crippen LogP contribution is 2.19. The van der Waals surface area contributed by atoms with Crippen LogP contribution in [0.4, 0.5) is 0 Å². The SMILES string of the molecule is CN(Cc1ccc(C#N)cc1)C(=O)[C@@H](N)C(C)(C)C. The number of likely N-dealkylation sites (N-methyl/N-ethyl adjacent to an activating group) is 1. The Morgan fingerprint density at radius 2 is 1.89 bits per heavy atom. The van der Waals surface area contributed by atoms with E-state index in [4.69, 9.17) is 11.0 Å². The first-order chi connectivity index (χ1) is 8.75. The van der Waals surface area contributed by atoms with Crippen LogP contribution in [0.15, 0.2) is 24.3 Å². The monoisotopic (exact) mass is 259 g/mol. The fraction of sp³-hybridized carbons (Fsp3) is 0.467. The lowest BCUT2D eigenvalue weighted by atomic mass is 9.86. The van der Waals surface area contributed by atoms with Crippen molar-refractivity contribution in [2.75, 3.05) is 7.05 Å². The maximum Gasteiger partial charge on any atom is 0.240 e. The molecule has 0 aromatic heterocycles. The minimum atomic E-state index is -0.518. The first-order valence-corrected chi connectivity index (χ1v) is 6.25. The van der Waals surface area contributed by atoms with Gasteiger partial charge in [-0.2, -0.15) is 5.26 Å². The number of hydrogen-bond acceptors (Lipinski definition) is 3. The number of amides is 1. The lowest BCUT2D eigenvalue weighted by Crippen LogP contribution is -2.48. The van der Waals surface area contributed by atoms with Crippen molar-refractivity contribution in [1.82, 2.24) is 4.90 Å². The van der Waals surface area contributed by atoms with E-state index in [1.807, 2.05) is 32.9 Å². The highest BCUT2D eigenvalue weighted by Gasteiger charge is 2.29. The van der Waals surface area contributed by atoms with Gasteiger partial charge in [0.25, 0.3) is 0 Å². The van der Waals surface area contributed by atoms with Crippen LogP contribution in [0.1, 0.15) is 31.9 Å². The van der Waals surface area contributed by atoms with E-state index in [9.17, 15) is 4.79 Å². The Balaban J connectivity index is 2.71. The van der Waals surface area contributed by atoms with Crippen LogP contribution in [0.25, 0.3) is 0 Å². The molecule has 0 unspecified atom stereocenters. The van der Waals surface area contributed by atoms with Gasteiger partial charge in [0.15, 0.2) is 0 Å². The van der Waals surface area contributed by atoms with E-state index in [1.54, 1.807) is 24.1 Å². The number of rotatable bonds is 3. The first kappa shape index (κ1) is 15.2. The van der Waals surface area contributed by atoms with Crippen LogP contribution in [0.3, 0.4) is 0 Å². The van der Waals surface area contributed by atoms with Crippen molar-refractivity contribution >= 4 is 5.91 Å². The van der Waals surface area contributed by atoms with E-state index in [-0.39, 0.29) is 11.3 Å². The van der Waals surface area contributed by atoms with Gasteiger partial charge < -0.3 is 10.6 Å². The van der Waals surface area contributed by atoms with E-state index in [1.165, 1.54) is 0 Å². The number of nitrogens with zero attached hydrogens (tertiary/aromatic N) is 2. The number of nitriles is 1. The van der Waals surface area contributed by atoms with E-state index in [2.05, 4.69) is 6.07 Å². The normalized spacial score (nSPS) is 12.6. The number of benzene rings is 1. The van der Waals surface area contributed by atoms with Gasteiger partial charge in [0, 0.05) is 13.6 Å². The largest absolute Gasteiger partial charge is 0.340 e. The molecule has 0 spiro atoms. The Morgan fingerprint density at radius 3 is 2.32 bits per heavy atom. The highest BCUT2D eigenvalue weighted by atomic mass is 16.2. The first-order valence-electron chi connectivity index (χ1n) is 6.25. The number of carbonyl (C=O) groups excluding carboxylic acids is 1. The van der Waals surface area contributed by atoms with Crippen LogP contribution in [0.2, 0.25) is 0 Å². The third kappa shape index (κ3) is 4.08. The van der Waals surface area contributed by atoms with E-state index < -0.39 is 6.04 Å². The maximum atomic E-state index is 12.2. The molecule has 0 bridgehead atoms. The number of hydrogen-bond donors (Lipinski definition) is 1. The molecule has 102 valence electrons. The second-order valence-corrected chi connectivity index (χ2v) is 5.85. The van der Waals surface area contributed by atoms with E-state index in [0.29, 0.717) is 12.1 Å². The van der Waals surface area contributed by atoms with Gasteiger partial charge in [-0.05, 0) is 23.1 Å². The molecular formula is C15H21N3O. The quantitative estimate of drug-likeness (QED) is 0.901. The van der Waals surface area contributed by atoms with Gasteiger partial charge in [-0.3, -0.25) is 4.79 Å². The highest BCUT2D eigenvalue weighted by molar-refractivity contribution is 5.82. The summed E-state index contributed by atoms with van der Waals surface area (Å²) in [6.07, 6.45) is 0. The molecular weight excluding hydrogens is 238 g/mol. The van der Waals surface area contributed by atoms with Gasteiger partial charge in [0.1, 0.15) is 0 Å². The Bertz CT molecular complexity index is 480. The number of nitrogens with two attached hydrogens (primary N) is 1. The summed E-state index contributed by atoms with van der Waals surface area (Å²) in [4.78, 5) is 13.8. The fourth-order valence-corrected chi connectivity index (χ4v) is 1.64. The average molecular weight is 259 g/mol. The van der Waals surface area contributed by atoms with Crippen molar-refractivity contribution in [1.29, 1.82) is 5.26 Å². The van der Waals surface area contributed by atoms with Crippen molar-refractivity contribution < 1.29 is 4.79 Å². The maximum absolute atomic E-state index is 12.2. The van der Waals surface area contributed by atoms with Gasteiger partial charge in [-0.25, -0.2) is 0 Å². The summed E-state index contributed by atoms with van der Waals surface area (Å²) in [7, 11) is 1.74. The molecule has 19 heavy (non-hydrogen) atoms. The molecule has 4 nitrogen and oxygen atoms in total. The third-order valence-corrected chi connectivity index (χ3v) is 3.08. The predicted molar refractivity (Wildman–Crippen MR) is 75.1 cm³/mol. The standard InChI is InChI=1S/C15H21N3O/c1-15(2,3)13(17)14(19)18(4)10-12-7-5-11(9-16)6-8-12/h5-8,13H,10,17H2,1-4H3/t13-/m1/s1.